The van der Waals surface area contributed by atoms with Gasteiger partial charge >= 0.3 is 5.97 Å². The summed E-state index contributed by atoms with van der Waals surface area (Å²) in [4.78, 5) is 26.8. The number of hydrogen-bond donors (Lipinski definition) is 3. The zero-order chi connectivity index (χ0) is 15.8. The van der Waals surface area contributed by atoms with Gasteiger partial charge in [-0.1, -0.05) is 0 Å². The lowest BCUT2D eigenvalue weighted by molar-refractivity contribution is -0.141. The van der Waals surface area contributed by atoms with Gasteiger partial charge in [-0.25, -0.2) is 4.79 Å². The van der Waals surface area contributed by atoms with Crippen LogP contribution in [0.3, 0.4) is 0 Å². The molecule has 0 aromatic carbocycles. The van der Waals surface area contributed by atoms with E-state index in [2.05, 4.69) is 25.3 Å². The van der Waals surface area contributed by atoms with Gasteiger partial charge in [0.2, 0.25) is 16.5 Å². The Morgan fingerprint density at radius 2 is 1.95 bits per heavy atom. The van der Waals surface area contributed by atoms with Crippen molar-refractivity contribution in [2.75, 3.05) is 19.0 Å². The minimum absolute atomic E-state index is 0.00592. The van der Waals surface area contributed by atoms with Crippen molar-refractivity contribution in [2.45, 2.75) is 18.9 Å². The highest BCUT2D eigenvalue weighted by molar-refractivity contribution is 6.31. The normalized spacial score (nSPS) is 11.6. The third-order valence-corrected chi connectivity index (χ3v) is 2.65. The molecule has 1 aromatic heterocycles. The Kier molecular flexibility index (Phi) is 6.89. The van der Waals surface area contributed by atoms with E-state index in [9.17, 15) is 4.79 Å². The summed E-state index contributed by atoms with van der Waals surface area (Å²) >= 11 is 11.3. The molecule has 9 nitrogen and oxygen atoms in total. The summed E-state index contributed by atoms with van der Waals surface area (Å²) in [7, 11) is 1.28. The monoisotopic (exact) mass is 335 g/mol. The number of nitrogens with one attached hydrogen (secondary N) is 1. The molecule has 5 N–H and O–H groups in total. The summed E-state index contributed by atoms with van der Waals surface area (Å²) < 4.78 is 4.70. The fourth-order valence-electron chi connectivity index (χ4n) is 1.44. The maximum atomic E-state index is 11.7. The molecule has 0 spiro atoms. The first-order chi connectivity index (χ1) is 9.92. The molecule has 0 amide bonds. The molecule has 0 aliphatic rings. The number of rotatable bonds is 7. The van der Waals surface area contributed by atoms with Crippen molar-refractivity contribution in [3.8, 4) is 0 Å². The van der Waals surface area contributed by atoms with E-state index in [0.717, 1.165) is 0 Å². The first-order valence-electron chi connectivity index (χ1n) is 5.89. The van der Waals surface area contributed by atoms with Crippen LogP contribution in [0.4, 0.5) is 5.95 Å². The lowest BCUT2D eigenvalue weighted by Gasteiger charge is -2.15. The summed E-state index contributed by atoms with van der Waals surface area (Å²) in [6.07, 6.45) is 0.960. The third kappa shape index (κ3) is 6.41. The molecule has 0 saturated carbocycles. The highest BCUT2D eigenvalue weighted by Crippen LogP contribution is 2.12. The number of guanidine groups is 1. The third-order valence-electron chi connectivity index (χ3n) is 2.32. The average molecular weight is 336 g/mol. The predicted octanol–water partition coefficient (Wildman–Crippen LogP) is 0.186. The molecule has 1 aromatic rings. The van der Waals surface area contributed by atoms with E-state index in [4.69, 9.17) is 39.4 Å². The number of aliphatic imine (C=N–C) groups is 1. The molecule has 0 radical (unpaired) electrons. The van der Waals surface area contributed by atoms with Gasteiger partial charge in [-0.05, 0) is 36.0 Å². The summed E-state index contributed by atoms with van der Waals surface area (Å²) in [5, 5.41) is 2.62. The number of esters is 1. The maximum Gasteiger partial charge on any atom is 0.328 e. The maximum absolute atomic E-state index is 11.7. The van der Waals surface area contributed by atoms with Crippen molar-refractivity contribution >= 4 is 41.1 Å². The summed E-state index contributed by atoms with van der Waals surface area (Å²) in [6.45, 7) is 0.385. The number of carbonyl (C=O) groups is 1. The van der Waals surface area contributed by atoms with Crippen LogP contribution in [0.5, 0.6) is 0 Å². The number of methoxy groups -OCH3 is 1. The number of nitrogens with zero attached hydrogens (tertiary/aromatic N) is 4. The quantitative estimate of drug-likeness (QED) is 0.277. The van der Waals surface area contributed by atoms with Crippen LogP contribution < -0.4 is 16.8 Å². The SMILES string of the molecule is COC(=O)C(CCCN=C(N)N)Nc1nc(Cl)nc(Cl)n1. The highest BCUT2D eigenvalue weighted by atomic mass is 35.5. The molecule has 0 aliphatic heterocycles. The molecule has 1 rings (SSSR count). The van der Waals surface area contributed by atoms with Crippen LogP contribution in [0.2, 0.25) is 10.6 Å². The Morgan fingerprint density at radius 1 is 1.33 bits per heavy atom. The Morgan fingerprint density at radius 3 is 2.48 bits per heavy atom. The van der Waals surface area contributed by atoms with Gasteiger partial charge in [-0.3, -0.25) is 4.99 Å². The second-order valence-corrected chi connectivity index (χ2v) is 4.54. The van der Waals surface area contributed by atoms with Crippen LogP contribution in [0.1, 0.15) is 12.8 Å². The number of nitrogens with two attached hydrogens (primary N) is 2. The second kappa shape index (κ2) is 8.42. The largest absolute Gasteiger partial charge is 0.467 e. The molecule has 0 fully saturated rings. The lowest BCUT2D eigenvalue weighted by atomic mass is 10.1. The number of hydrogen-bond acceptors (Lipinski definition) is 7. The van der Waals surface area contributed by atoms with Gasteiger partial charge in [0.25, 0.3) is 0 Å². The van der Waals surface area contributed by atoms with Crippen molar-refractivity contribution in [3.05, 3.63) is 10.6 Å². The standard InChI is InChI=1S/C10H15Cl2N7O2/c1-21-6(20)5(3-2-4-15-9(13)14)16-10-18-7(11)17-8(12)19-10/h5H,2-4H2,1H3,(H4,13,14,15)(H,16,17,18,19). The van der Waals surface area contributed by atoms with Gasteiger partial charge in [-0.15, -0.1) is 0 Å². The first kappa shape index (κ1) is 17.2. The fourth-order valence-corrected chi connectivity index (χ4v) is 1.80. The van der Waals surface area contributed by atoms with Crippen LogP contribution in [-0.2, 0) is 9.53 Å². The van der Waals surface area contributed by atoms with E-state index < -0.39 is 12.0 Å². The van der Waals surface area contributed by atoms with Crippen molar-refractivity contribution in [2.24, 2.45) is 16.5 Å². The molecule has 1 heterocycles. The van der Waals surface area contributed by atoms with Gasteiger partial charge < -0.3 is 21.5 Å². The van der Waals surface area contributed by atoms with Gasteiger partial charge in [0, 0.05) is 6.54 Å². The molecule has 116 valence electrons. The minimum atomic E-state index is -0.682. The van der Waals surface area contributed by atoms with Gasteiger partial charge in [0.15, 0.2) is 5.96 Å². The van der Waals surface area contributed by atoms with Crippen LogP contribution in [0.25, 0.3) is 0 Å². The van der Waals surface area contributed by atoms with Crippen LogP contribution in [0.15, 0.2) is 4.99 Å². The Balaban J connectivity index is 2.69. The topological polar surface area (TPSA) is 141 Å². The zero-order valence-electron chi connectivity index (χ0n) is 11.2. The van der Waals surface area contributed by atoms with Crippen molar-refractivity contribution in [1.29, 1.82) is 0 Å². The minimum Gasteiger partial charge on any atom is -0.467 e. The van der Waals surface area contributed by atoms with E-state index in [1.807, 2.05) is 0 Å². The van der Waals surface area contributed by atoms with Gasteiger partial charge in [0.05, 0.1) is 7.11 Å². The molecular formula is C10H15Cl2N7O2. The Bertz CT molecular complexity index is 502. The zero-order valence-corrected chi connectivity index (χ0v) is 12.7. The molecule has 0 aliphatic carbocycles. The Hall–Kier alpha value is -1.87. The van der Waals surface area contributed by atoms with Gasteiger partial charge in [0.1, 0.15) is 6.04 Å². The molecule has 0 saturated heterocycles. The average Bonchev–Trinajstić information content (AvgIpc) is 2.40. The molecule has 21 heavy (non-hydrogen) atoms. The van der Waals surface area contributed by atoms with E-state index in [1.54, 1.807) is 0 Å². The number of aromatic nitrogens is 3. The summed E-state index contributed by atoms with van der Waals surface area (Å²) in [5.41, 5.74) is 10.4. The molecular weight excluding hydrogens is 321 g/mol. The number of halogens is 2. The summed E-state index contributed by atoms with van der Waals surface area (Å²) in [5.74, 6) is -0.404. The number of ether oxygens (including phenoxy) is 1. The van der Waals surface area contributed by atoms with Gasteiger partial charge in [-0.2, -0.15) is 15.0 Å². The predicted molar refractivity (Wildman–Crippen MR) is 79.2 cm³/mol. The number of carbonyl (C=O) groups excluding carboxylic acids is 1. The molecule has 0 bridgehead atoms. The lowest BCUT2D eigenvalue weighted by Crippen LogP contribution is -2.32. The molecule has 11 heteroatoms. The second-order valence-electron chi connectivity index (χ2n) is 3.87. The van der Waals surface area contributed by atoms with Crippen LogP contribution in [-0.4, -0.2) is 46.6 Å². The van der Waals surface area contributed by atoms with E-state index in [1.165, 1.54) is 7.11 Å². The number of anilines is 1. The summed E-state index contributed by atoms with van der Waals surface area (Å²) in [6, 6.07) is -0.682. The van der Waals surface area contributed by atoms with Crippen LogP contribution in [0, 0.1) is 0 Å². The van der Waals surface area contributed by atoms with E-state index in [-0.39, 0.29) is 22.5 Å². The van der Waals surface area contributed by atoms with E-state index >= 15 is 0 Å². The molecule has 1 atom stereocenters. The smallest absolute Gasteiger partial charge is 0.328 e. The Labute approximate surface area is 131 Å². The first-order valence-corrected chi connectivity index (χ1v) is 6.64. The fraction of sp³-hybridized carbons (Fsp3) is 0.500. The van der Waals surface area contributed by atoms with Crippen LogP contribution >= 0.6 is 23.2 Å². The molecule has 1 unspecified atom stereocenters. The van der Waals surface area contributed by atoms with Crippen molar-refractivity contribution < 1.29 is 9.53 Å². The van der Waals surface area contributed by atoms with E-state index in [0.29, 0.717) is 19.4 Å². The highest BCUT2D eigenvalue weighted by Gasteiger charge is 2.20. The van der Waals surface area contributed by atoms with Crippen molar-refractivity contribution in [1.82, 2.24) is 15.0 Å². The van der Waals surface area contributed by atoms with Crippen molar-refractivity contribution in [3.63, 3.8) is 0 Å².